The second kappa shape index (κ2) is 11.0. The molecule has 4 rings (SSSR count). The minimum absolute atomic E-state index is 0.0300. The summed E-state index contributed by atoms with van der Waals surface area (Å²) in [5.74, 6) is 1.39. The largest absolute Gasteiger partial charge is 0.490 e. The monoisotopic (exact) mass is 460 g/mol. The first kappa shape index (κ1) is 23.5. The van der Waals surface area contributed by atoms with Crippen molar-refractivity contribution in [2.45, 2.75) is 51.5 Å². The second-order valence-corrected chi connectivity index (χ2v) is 8.44. The average Bonchev–Trinajstić information content (AvgIpc) is 3.16. The Morgan fingerprint density at radius 1 is 1.15 bits per heavy atom. The summed E-state index contributed by atoms with van der Waals surface area (Å²) < 4.78 is 29.3. The van der Waals surface area contributed by atoms with Gasteiger partial charge in [-0.2, -0.15) is 0 Å². The van der Waals surface area contributed by atoms with Crippen molar-refractivity contribution >= 4 is 5.97 Å². The van der Waals surface area contributed by atoms with Crippen molar-refractivity contribution in [2.24, 2.45) is 0 Å². The lowest BCUT2D eigenvalue weighted by Gasteiger charge is -2.24. The number of nitrogens with zero attached hydrogens (tertiary/aromatic N) is 2. The summed E-state index contributed by atoms with van der Waals surface area (Å²) in [5, 5.41) is 0. The predicted molar refractivity (Wildman–Crippen MR) is 120 cm³/mol. The molecule has 0 amide bonds. The van der Waals surface area contributed by atoms with Crippen LogP contribution < -0.4 is 10.3 Å². The first-order valence-electron chi connectivity index (χ1n) is 11.5. The lowest BCUT2D eigenvalue weighted by molar-refractivity contribution is -0.0114. The van der Waals surface area contributed by atoms with Gasteiger partial charge in [0.15, 0.2) is 0 Å². The highest BCUT2D eigenvalue weighted by atomic mass is 16.5. The lowest BCUT2D eigenvalue weighted by Crippen LogP contribution is -2.30. The standard InChI is InChI=1S/C24H32N2O7/c1-29-15-19-7-6-17(33-19)14-25-9-8-20-23(24(28)30-2)21(13-22(27)26(20)11-10-25)32-16-18-5-3-4-12-31-18/h6-7,13,18H,3-5,8-12,14-16H2,1-2H3. The molecule has 0 spiro atoms. The number of rotatable bonds is 8. The van der Waals surface area contributed by atoms with Gasteiger partial charge in [0.2, 0.25) is 0 Å². The van der Waals surface area contributed by atoms with E-state index in [9.17, 15) is 9.59 Å². The normalized spacial score (nSPS) is 19.0. The molecule has 1 fully saturated rings. The Bertz CT molecular complexity index is 1010. The molecule has 33 heavy (non-hydrogen) atoms. The van der Waals surface area contributed by atoms with Crippen LogP contribution in [-0.2, 0) is 40.3 Å². The van der Waals surface area contributed by atoms with Crippen molar-refractivity contribution in [1.29, 1.82) is 0 Å². The predicted octanol–water partition coefficient (Wildman–Crippen LogP) is 2.38. The molecule has 0 aromatic carbocycles. The van der Waals surface area contributed by atoms with Crippen LogP contribution in [0.5, 0.6) is 5.75 Å². The summed E-state index contributed by atoms with van der Waals surface area (Å²) in [7, 11) is 2.97. The van der Waals surface area contributed by atoms with Gasteiger partial charge in [-0.15, -0.1) is 0 Å². The van der Waals surface area contributed by atoms with E-state index in [-0.39, 0.29) is 17.4 Å². The molecule has 0 radical (unpaired) electrons. The van der Waals surface area contributed by atoms with Crippen molar-refractivity contribution in [3.05, 3.63) is 51.3 Å². The van der Waals surface area contributed by atoms with E-state index in [4.69, 9.17) is 23.4 Å². The lowest BCUT2D eigenvalue weighted by atomic mass is 10.1. The molecule has 0 bridgehead atoms. The number of hydrogen-bond donors (Lipinski definition) is 0. The number of furan rings is 1. The van der Waals surface area contributed by atoms with Crippen LogP contribution in [0.15, 0.2) is 27.4 Å². The number of carbonyl (C=O) groups excluding carboxylic acids is 1. The molecule has 4 heterocycles. The Kier molecular flexibility index (Phi) is 7.85. The molecular weight excluding hydrogens is 428 g/mol. The van der Waals surface area contributed by atoms with E-state index in [0.29, 0.717) is 63.7 Å². The molecule has 2 aliphatic rings. The fourth-order valence-electron chi connectivity index (χ4n) is 4.46. The van der Waals surface area contributed by atoms with Crippen molar-refractivity contribution in [3.8, 4) is 5.75 Å². The van der Waals surface area contributed by atoms with Crippen LogP contribution in [0.25, 0.3) is 0 Å². The highest BCUT2D eigenvalue weighted by Gasteiger charge is 2.27. The minimum atomic E-state index is -0.498. The number of aromatic nitrogens is 1. The average molecular weight is 461 g/mol. The van der Waals surface area contributed by atoms with Crippen LogP contribution in [0.4, 0.5) is 0 Å². The zero-order valence-electron chi connectivity index (χ0n) is 19.3. The highest BCUT2D eigenvalue weighted by molar-refractivity contribution is 5.93. The third-order valence-corrected chi connectivity index (χ3v) is 6.16. The third kappa shape index (κ3) is 5.66. The van der Waals surface area contributed by atoms with Gasteiger partial charge < -0.3 is 27.9 Å². The maximum Gasteiger partial charge on any atom is 0.343 e. The number of hydrogen-bond acceptors (Lipinski definition) is 8. The molecule has 9 heteroatoms. The van der Waals surface area contributed by atoms with Crippen molar-refractivity contribution in [1.82, 2.24) is 9.47 Å². The Labute approximate surface area is 193 Å². The number of methoxy groups -OCH3 is 2. The van der Waals surface area contributed by atoms with Gasteiger partial charge in [0.1, 0.15) is 36.0 Å². The first-order chi connectivity index (χ1) is 16.1. The van der Waals surface area contributed by atoms with Crippen molar-refractivity contribution in [2.75, 3.05) is 40.5 Å². The second-order valence-electron chi connectivity index (χ2n) is 8.44. The summed E-state index contributed by atoms with van der Waals surface area (Å²) >= 11 is 0. The zero-order valence-corrected chi connectivity index (χ0v) is 19.3. The Morgan fingerprint density at radius 2 is 2.00 bits per heavy atom. The van der Waals surface area contributed by atoms with Gasteiger partial charge in [0, 0.05) is 51.5 Å². The fourth-order valence-corrected chi connectivity index (χ4v) is 4.46. The van der Waals surface area contributed by atoms with Crippen molar-refractivity contribution < 1.29 is 28.2 Å². The van der Waals surface area contributed by atoms with E-state index in [2.05, 4.69) is 4.90 Å². The summed E-state index contributed by atoms with van der Waals surface area (Å²) in [6.45, 7) is 3.85. The van der Waals surface area contributed by atoms with Crippen molar-refractivity contribution in [3.63, 3.8) is 0 Å². The number of esters is 1. The molecule has 2 aromatic rings. The molecule has 180 valence electrons. The van der Waals surface area contributed by atoms with Crippen LogP contribution in [0.1, 0.15) is 46.8 Å². The van der Waals surface area contributed by atoms with E-state index >= 15 is 0 Å². The van der Waals surface area contributed by atoms with Crippen LogP contribution >= 0.6 is 0 Å². The molecule has 0 saturated carbocycles. The van der Waals surface area contributed by atoms with Crippen LogP contribution in [-0.4, -0.2) is 62.1 Å². The molecule has 2 aromatic heterocycles. The first-order valence-corrected chi connectivity index (χ1v) is 11.5. The van der Waals surface area contributed by atoms with Gasteiger partial charge in [-0.3, -0.25) is 9.69 Å². The molecule has 2 aliphatic heterocycles. The molecular formula is C24H32N2O7. The quantitative estimate of drug-likeness (QED) is 0.555. The van der Waals surface area contributed by atoms with Gasteiger partial charge in [0.25, 0.3) is 5.56 Å². The molecule has 1 unspecified atom stereocenters. The number of pyridine rings is 1. The third-order valence-electron chi connectivity index (χ3n) is 6.16. The Hall–Kier alpha value is -2.62. The highest BCUT2D eigenvalue weighted by Crippen LogP contribution is 2.25. The minimum Gasteiger partial charge on any atom is -0.490 e. The Balaban J connectivity index is 1.53. The van der Waals surface area contributed by atoms with Crippen LogP contribution in [0, 0.1) is 0 Å². The molecule has 0 N–H and O–H groups in total. The molecule has 1 saturated heterocycles. The van der Waals surface area contributed by atoms with E-state index in [1.54, 1.807) is 11.7 Å². The zero-order chi connectivity index (χ0) is 23.2. The van der Waals surface area contributed by atoms with Gasteiger partial charge in [-0.25, -0.2) is 4.79 Å². The number of fused-ring (bicyclic) bond motifs is 1. The number of carbonyl (C=O) groups is 1. The topological polar surface area (TPSA) is 92.4 Å². The van der Waals surface area contributed by atoms with E-state index in [1.165, 1.54) is 13.2 Å². The van der Waals surface area contributed by atoms with Crippen LogP contribution in [0.2, 0.25) is 0 Å². The Morgan fingerprint density at radius 3 is 2.76 bits per heavy atom. The maximum absolute atomic E-state index is 12.9. The smallest absolute Gasteiger partial charge is 0.343 e. The van der Waals surface area contributed by atoms with Gasteiger partial charge in [0.05, 0.1) is 19.8 Å². The van der Waals surface area contributed by atoms with Crippen LogP contribution in [0.3, 0.4) is 0 Å². The van der Waals surface area contributed by atoms with E-state index in [1.807, 2.05) is 12.1 Å². The van der Waals surface area contributed by atoms with Gasteiger partial charge in [-0.05, 0) is 31.4 Å². The molecule has 1 atom stereocenters. The molecule has 9 nitrogen and oxygen atoms in total. The van der Waals surface area contributed by atoms with E-state index < -0.39 is 5.97 Å². The van der Waals surface area contributed by atoms with Gasteiger partial charge in [-0.1, -0.05) is 0 Å². The SMILES string of the molecule is COCc1ccc(CN2CCc3c(C(=O)OC)c(OCC4CCCCO4)cc(=O)n3CC2)o1. The summed E-state index contributed by atoms with van der Waals surface area (Å²) in [4.78, 5) is 27.9. The van der Waals surface area contributed by atoms with Gasteiger partial charge >= 0.3 is 5.97 Å². The summed E-state index contributed by atoms with van der Waals surface area (Å²) in [5.41, 5.74) is 0.797. The fraction of sp³-hybridized carbons (Fsp3) is 0.583. The summed E-state index contributed by atoms with van der Waals surface area (Å²) in [6, 6.07) is 5.25. The van der Waals surface area contributed by atoms with E-state index in [0.717, 1.165) is 30.8 Å². The maximum atomic E-state index is 12.9. The number of ether oxygens (including phenoxy) is 4. The summed E-state index contributed by atoms with van der Waals surface area (Å²) in [6.07, 6.45) is 3.53. The molecule has 0 aliphatic carbocycles.